The van der Waals surface area contributed by atoms with Crippen LogP contribution in [0, 0.1) is 17.8 Å². The Morgan fingerprint density at radius 2 is 2.33 bits per heavy atom. The zero-order valence-corrected chi connectivity index (χ0v) is 6.73. The van der Waals surface area contributed by atoms with E-state index in [-0.39, 0.29) is 11.8 Å². The highest BCUT2D eigenvalue weighted by Crippen LogP contribution is 2.47. The van der Waals surface area contributed by atoms with Crippen molar-refractivity contribution in [2.24, 2.45) is 28.7 Å². The first-order valence-corrected chi connectivity index (χ1v) is 4.23. The Bertz CT molecular complexity index is 249. The van der Waals surface area contributed by atoms with E-state index in [1.54, 1.807) is 0 Å². The maximum Gasteiger partial charge on any atom is 0.307 e. The van der Waals surface area contributed by atoms with E-state index >= 15 is 0 Å². The molecule has 0 aliphatic heterocycles. The second-order valence-electron chi connectivity index (χ2n) is 3.63. The normalized spacial score (nSPS) is 42.3. The third-order valence-corrected chi connectivity index (χ3v) is 3.14. The molecule has 2 fully saturated rings. The van der Waals surface area contributed by atoms with Crippen LogP contribution in [0.1, 0.15) is 19.3 Å². The summed E-state index contributed by atoms with van der Waals surface area (Å²) in [5, 5.41) is 12.6. The lowest BCUT2D eigenvalue weighted by molar-refractivity contribution is -0.143. The zero-order chi connectivity index (χ0) is 8.72. The Balaban J connectivity index is 2.25. The molecule has 4 nitrogen and oxygen atoms in total. The summed E-state index contributed by atoms with van der Waals surface area (Å²) >= 11 is 0. The SMILES string of the molecule is N/N=C1/C[C@H]2CC[C@H]1[C@@H]2C(=O)O. The van der Waals surface area contributed by atoms with E-state index in [2.05, 4.69) is 5.10 Å². The largest absolute Gasteiger partial charge is 0.481 e. The third kappa shape index (κ3) is 0.838. The van der Waals surface area contributed by atoms with Gasteiger partial charge in [0.05, 0.1) is 5.92 Å². The Morgan fingerprint density at radius 3 is 2.75 bits per heavy atom. The van der Waals surface area contributed by atoms with Gasteiger partial charge in [-0.15, -0.1) is 0 Å². The van der Waals surface area contributed by atoms with Gasteiger partial charge in [-0.2, -0.15) is 5.10 Å². The Hall–Kier alpha value is -1.06. The van der Waals surface area contributed by atoms with Crippen LogP contribution in [0.4, 0.5) is 0 Å². The summed E-state index contributed by atoms with van der Waals surface area (Å²) in [6, 6.07) is 0. The number of hydrazone groups is 1. The van der Waals surface area contributed by atoms with E-state index in [1.807, 2.05) is 0 Å². The molecule has 2 aliphatic carbocycles. The second kappa shape index (κ2) is 2.47. The molecule has 0 amide bonds. The van der Waals surface area contributed by atoms with E-state index in [0.717, 1.165) is 25.0 Å². The lowest BCUT2D eigenvalue weighted by Crippen LogP contribution is -2.20. The summed E-state index contributed by atoms with van der Waals surface area (Å²) in [5.74, 6) is 4.73. The molecule has 2 rings (SSSR count). The van der Waals surface area contributed by atoms with Gasteiger partial charge in [0.1, 0.15) is 0 Å². The van der Waals surface area contributed by atoms with Gasteiger partial charge in [-0.25, -0.2) is 0 Å². The maximum atomic E-state index is 10.8. The highest BCUT2D eigenvalue weighted by molar-refractivity contribution is 5.95. The number of carbonyl (C=O) groups is 1. The number of nitrogens with zero attached hydrogens (tertiary/aromatic N) is 1. The Kier molecular flexibility index (Phi) is 1.56. The van der Waals surface area contributed by atoms with E-state index in [1.165, 1.54) is 0 Å². The molecule has 0 aromatic heterocycles. The fraction of sp³-hybridized carbons (Fsp3) is 0.750. The minimum atomic E-state index is -0.679. The van der Waals surface area contributed by atoms with Crippen molar-refractivity contribution >= 4 is 11.7 Å². The summed E-state index contributed by atoms with van der Waals surface area (Å²) in [7, 11) is 0. The lowest BCUT2D eigenvalue weighted by atomic mass is 9.98. The van der Waals surface area contributed by atoms with Gasteiger partial charge in [0.25, 0.3) is 0 Å². The molecule has 0 spiro atoms. The molecule has 4 heteroatoms. The van der Waals surface area contributed by atoms with Crippen molar-refractivity contribution in [2.75, 3.05) is 0 Å². The second-order valence-corrected chi connectivity index (χ2v) is 3.63. The molecule has 0 aromatic rings. The number of hydrogen-bond donors (Lipinski definition) is 2. The van der Waals surface area contributed by atoms with Crippen molar-refractivity contribution in [3.8, 4) is 0 Å². The molecular weight excluding hydrogens is 156 g/mol. The van der Waals surface area contributed by atoms with Crippen LogP contribution in [0.3, 0.4) is 0 Å². The molecule has 0 aromatic carbocycles. The average Bonchev–Trinajstić information content (AvgIpc) is 2.59. The standard InChI is InChI=1S/C8H12N2O2/c9-10-6-3-4-1-2-5(6)7(4)8(11)12/h4-5,7H,1-3,9H2,(H,11,12)/b10-6-/t4-,5-,7-/m1/s1. The van der Waals surface area contributed by atoms with Crippen LogP contribution in [0.25, 0.3) is 0 Å². The monoisotopic (exact) mass is 168 g/mol. The number of nitrogens with two attached hydrogens (primary N) is 1. The van der Waals surface area contributed by atoms with Crippen molar-refractivity contribution in [2.45, 2.75) is 19.3 Å². The van der Waals surface area contributed by atoms with E-state index < -0.39 is 5.97 Å². The fourth-order valence-corrected chi connectivity index (χ4v) is 2.63. The number of rotatable bonds is 1. The van der Waals surface area contributed by atoms with Crippen molar-refractivity contribution in [1.29, 1.82) is 0 Å². The molecule has 0 unspecified atom stereocenters. The van der Waals surface area contributed by atoms with Gasteiger partial charge in [-0.05, 0) is 25.2 Å². The van der Waals surface area contributed by atoms with Crippen LogP contribution in [-0.2, 0) is 4.79 Å². The fourth-order valence-electron chi connectivity index (χ4n) is 2.63. The predicted molar refractivity (Wildman–Crippen MR) is 43.6 cm³/mol. The van der Waals surface area contributed by atoms with Gasteiger partial charge >= 0.3 is 5.97 Å². The summed E-state index contributed by atoms with van der Waals surface area (Å²) < 4.78 is 0. The van der Waals surface area contributed by atoms with E-state index in [9.17, 15) is 4.79 Å². The van der Waals surface area contributed by atoms with Crippen LogP contribution in [0.2, 0.25) is 0 Å². The first-order chi connectivity index (χ1) is 5.74. The first kappa shape index (κ1) is 7.58. The quantitative estimate of drug-likeness (QED) is 0.440. The van der Waals surface area contributed by atoms with Gasteiger partial charge in [0.2, 0.25) is 0 Å². The summed E-state index contributed by atoms with van der Waals surface area (Å²) in [4.78, 5) is 10.8. The highest BCUT2D eigenvalue weighted by atomic mass is 16.4. The minimum absolute atomic E-state index is 0.137. The molecule has 2 saturated carbocycles. The topological polar surface area (TPSA) is 75.7 Å². The van der Waals surface area contributed by atoms with Crippen LogP contribution in [-0.4, -0.2) is 16.8 Å². The van der Waals surface area contributed by atoms with Gasteiger partial charge in [0, 0.05) is 11.6 Å². The third-order valence-electron chi connectivity index (χ3n) is 3.14. The number of aliphatic carboxylic acids is 1. The van der Waals surface area contributed by atoms with E-state index in [4.69, 9.17) is 10.9 Å². The van der Waals surface area contributed by atoms with Crippen LogP contribution < -0.4 is 5.84 Å². The van der Waals surface area contributed by atoms with Crippen molar-refractivity contribution in [3.05, 3.63) is 0 Å². The number of fused-ring (bicyclic) bond motifs is 2. The Morgan fingerprint density at radius 1 is 1.58 bits per heavy atom. The van der Waals surface area contributed by atoms with Crippen LogP contribution in [0.5, 0.6) is 0 Å². The van der Waals surface area contributed by atoms with Gasteiger partial charge < -0.3 is 10.9 Å². The molecule has 3 atom stereocenters. The Labute approximate surface area is 70.4 Å². The molecule has 3 N–H and O–H groups in total. The van der Waals surface area contributed by atoms with Gasteiger partial charge in [-0.3, -0.25) is 4.79 Å². The molecule has 12 heavy (non-hydrogen) atoms. The van der Waals surface area contributed by atoms with Crippen molar-refractivity contribution in [3.63, 3.8) is 0 Å². The zero-order valence-electron chi connectivity index (χ0n) is 6.73. The molecule has 2 bridgehead atoms. The van der Waals surface area contributed by atoms with Gasteiger partial charge in [-0.1, -0.05) is 0 Å². The molecule has 66 valence electrons. The van der Waals surface area contributed by atoms with E-state index in [0.29, 0.717) is 5.92 Å². The smallest absolute Gasteiger partial charge is 0.307 e. The summed E-state index contributed by atoms with van der Waals surface area (Å²) in [6.45, 7) is 0. The van der Waals surface area contributed by atoms with Gasteiger partial charge in [0.15, 0.2) is 0 Å². The number of carboxylic acid groups (broad SMARTS) is 1. The lowest BCUT2D eigenvalue weighted by Gasteiger charge is -2.09. The summed E-state index contributed by atoms with van der Waals surface area (Å²) in [5.41, 5.74) is 0.915. The number of carboxylic acids is 1. The molecule has 2 aliphatic rings. The van der Waals surface area contributed by atoms with Crippen molar-refractivity contribution < 1.29 is 9.90 Å². The maximum absolute atomic E-state index is 10.8. The minimum Gasteiger partial charge on any atom is -0.481 e. The highest BCUT2D eigenvalue weighted by Gasteiger charge is 2.49. The van der Waals surface area contributed by atoms with Crippen LogP contribution in [0.15, 0.2) is 5.10 Å². The molecule has 0 saturated heterocycles. The molecule has 0 radical (unpaired) electrons. The first-order valence-electron chi connectivity index (χ1n) is 4.23. The predicted octanol–water partition coefficient (Wildman–Crippen LogP) is 0.432. The van der Waals surface area contributed by atoms with Crippen molar-refractivity contribution in [1.82, 2.24) is 0 Å². The van der Waals surface area contributed by atoms with Crippen LogP contribution >= 0.6 is 0 Å². The summed E-state index contributed by atoms with van der Waals surface area (Å²) in [6.07, 6.45) is 2.79. The molecular formula is C8H12N2O2. The average molecular weight is 168 g/mol. The number of hydrogen-bond acceptors (Lipinski definition) is 3. The molecule has 0 heterocycles.